The second-order valence-corrected chi connectivity index (χ2v) is 15.2. The van der Waals surface area contributed by atoms with Crippen LogP contribution in [0.2, 0.25) is 15.1 Å². The fraction of sp³-hybridized carbons (Fsp3) is 0.179. The Morgan fingerprint density at radius 2 is 1.22 bits per heavy atom. The van der Waals surface area contributed by atoms with Crippen molar-refractivity contribution in [3.63, 3.8) is 0 Å². The maximum Gasteiger partial charge on any atom is 0.275 e. The Hall–Kier alpha value is -2.60. The molecule has 1 amide bonds. The highest BCUT2D eigenvalue weighted by Crippen LogP contribution is 2.41. The van der Waals surface area contributed by atoms with Crippen molar-refractivity contribution in [2.24, 2.45) is 0 Å². The molecular weight excluding hydrogens is 647 g/mol. The molecule has 0 radical (unpaired) electrons. The highest BCUT2D eigenvalue weighted by molar-refractivity contribution is 7.93. The first-order valence-corrected chi connectivity index (χ1v) is 17.4. The van der Waals surface area contributed by atoms with Gasteiger partial charge in [-0.2, -0.15) is 4.31 Å². The van der Waals surface area contributed by atoms with Gasteiger partial charge in [0.25, 0.3) is 26.0 Å². The maximum absolute atomic E-state index is 14.5. The van der Waals surface area contributed by atoms with Crippen molar-refractivity contribution in [2.45, 2.75) is 41.9 Å². The van der Waals surface area contributed by atoms with E-state index in [2.05, 4.69) is 4.72 Å². The van der Waals surface area contributed by atoms with Crippen LogP contribution in [0.3, 0.4) is 0 Å². The number of rotatable bonds is 7. The van der Waals surface area contributed by atoms with Gasteiger partial charge in [-0.3, -0.25) is 9.52 Å². The number of benzene rings is 3. The molecule has 0 fully saturated rings. The van der Waals surface area contributed by atoms with Gasteiger partial charge in [0, 0.05) is 19.9 Å². The topological polar surface area (TPSA) is 101 Å². The number of sulfonamides is 2. The number of nitrogens with zero attached hydrogens (tertiary/aromatic N) is 1. The minimum absolute atomic E-state index is 0.0110. The van der Waals surface area contributed by atoms with Gasteiger partial charge in [-0.25, -0.2) is 16.8 Å². The van der Waals surface area contributed by atoms with Gasteiger partial charge in [-0.05, 0) is 104 Å². The second-order valence-electron chi connectivity index (χ2n) is 9.33. The molecule has 1 aromatic heterocycles. The van der Waals surface area contributed by atoms with E-state index in [1.54, 1.807) is 0 Å². The highest BCUT2D eigenvalue weighted by atomic mass is 35.5. The molecule has 5 rings (SSSR count). The third-order valence-electron chi connectivity index (χ3n) is 6.58. The number of halogens is 3. The van der Waals surface area contributed by atoms with Gasteiger partial charge < -0.3 is 0 Å². The number of thiophene rings is 1. The first-order valence-electron chi connectivity index (χ1n) is 12.5. The van der Waals surface area contributed by atoms with Crippen LogP contribution in [0.4, 0.5) is 10.7 Å². The predicted octanol–water partition coefficient (Wildman–Crippen LogP) is 7.81. The molecule has 0 aliphatic heterocycles. The number of fused-ring (bicyclic) bond motifs is 1. The Balaban J connectivity index is 1.68. The molecule has 13 heteroatoms. The van der Waals surface area contributed by atoms with Crippen LogP contribution in [0.15, 0.2) is 82.6 Å². The van der Waals surface area contributed by atoms with Gasteiger partial charge in [0.05, 0.1) is 21.0 Å². The van der Waals surface area contributed by atoms with Crippen molar-refractivity contribution in [1.29, 1.82) is 0 Å². The molecule has 0 saturated carbocycles. The van der Waals surface area contributed by atoms with Crippen molar-refractivity contribution in [1.82, 2.24) is 0 Å². The van der Waals surface area contributed by atoms with Crippen LogP contribution in [-0.2, 0) is 32.9 Å². The summed E-state index contributed by atoms with van der Waals surface area (Å²) in [4.78, 5) is 15.1. The Morgan fingerprint density at radius 1 is 0.707 bits per heavy atom. The lowest BCUT2D eigenvalue weighted by Gasteiger charge is -2.24. The average Bonchev–Trinajstić information content (AvgIpc) is 3.09. The molecule has 7 nitrogen and oxygen atoms in total. The van der Waals surface area contributed by atoms with Crippen molar-refractivity contribution < 1.29 is 21.6 Å². The molecule has 3 aromatic carbocycles. The van der Waals surface area contributed by atoms with Crippen LogP contribution in [-0.4, -0.2) is 22.7 Å². The van der Waals surface area contributed by atoms with Crippen molar-refractivity contribution in [3.05, 3.63) is 104 Å². The number of amides is 1. The van der Waals surface area contributed by atoms with Gasteiger partial charge in [0.1, 0.15) is 5.00 Å². The molecule has 41 heavy (non-hydrogen) atoms. The van der Waals surface area contributed by atoms with Crippen LogP contribution in [0.1, 0.15) is 40.1 Å². The smallest absolute Gasteiger partial charge is 0.270 e. The Kier molecular flexibility index (Phi) is 8.71. The van der Waals surface area contributed by atoms with E-state index in [0.717, 1.165) is 35.5 Å². The zero-order valence-electron chi connectivity index (χ0n) is 21.3. The van der Waals surface area contributed by atoms with Crippen molar-refractivity contribution >= 4 is 82.8 Å². The molecule has 1 aliphatic rings. The fourth-order valence-corrected chi connectivity index (χ4v) is 8.96. The number of aryl methyl sites for hydroxylation is 1. The molecule has 0 atom stereocenters. The van der Waals surface area contributed by atoms with Gasteiger partial charge in [-0.1, -0.05) is 41.2 Å². The molecule has 1 heterocycles. The van der Waals surface area contributed by atoms with Gasteiger partial charge in [0.2, 0.25) is 0 Å². The van der Waals surface area contributed by atoms with Gasteiger partial charge in [-0.15, -0.1) is 11.3 Å². The van der Waals surface area contributed by atoms with Gasteiger partial charge in [0.15, 0.2) is 0 Å². The number of nitrogens with one attached hydrogen (secondary N) is 1. The minimum Gasteiger partial charge on any atom is -0.270 e. The average molecular weight is 670 g/mol. The summed E-state index contributed by atoms with van der Waals surface area (Å²) >= 11 is 19.2. The van der Waals surface area contributed by atoms with Crippen LogP contribution < -0.4 is 9.03 Å². The summed E-state index contributed by atoms with van der Waals surface area (Å²) in [7, 11) is -8.60. The third-order valence-corrected chi connectivity index (χ3v) is 11.8. The molecule has 4 aromatic rings. The van der Waals surface area contributed by atoms with E-state index in [1.165, 1.54) is 72.8 Å². The predicted molar refractivity (Wildman–Crippen MR) is 165 cm³/mol. The van der Waals surface area contributed by atoms with E-state index in [9.17, 15) is 21.6 Å². The maximum atomic E-state index is 14.5. The first-order chi connectivity index (χ1) is 19.5. The number of hydrogen-bond donors (Lipinski definition) is 1. The molecular formula is C28H23Cl3N2O5S3. The quantitative estimate of drug-likeness (QED) is 0.202. The van der Waals surface area contributed by atoms with Crippen molar-refractivity contribution in [3.8, 4) is 0 Å². The van der Waals surface area contributed by atoms with Crippen molar-refractivity contribution in [2.75, 3.05) is 9.03 Å². The van der Waals surface area contributed by atoms with E-state index in [1.807, 2.05) is 0 Å². The summed E-state index contributed by atoms with van der Waals surface area (Å²) in [5.74, 6) is -0.879. The first kappa shape index (κ1) is 29.9. The van der Waals surface area contributed by atoms with E-state index in [0.29, 0.717) is 37.8 Å². The third kappa shape index (κ3) is 6.28. The summed E-state index contributed by atoms with van der Waals surface area (Å²) in [6.45, 7) is 0. The lowest BCUT2D eigenvalue weighted by Crippen LogP contribution is -2.37. The summed E-state index contributed by atoms with van der Waals surface area (Å²) in [5.41, 5.74) is 0.711. The van der Waals surface area contributed by atoms with Crippen LogP contribution in [0.5, 0.6) is 0 Å². The summed E-state index contributed by atoms with van der Waals surface area (Å²) < 4.78 is 58.1. The van der Waals surface area contributed by atoms with E-state index in [4.69, 9.17) is 34.8 Å². The lowest BCUT2D eigenvalue weighted by atomic mass is 10.0. The number of anilines is 2. The van der Waals surface area contributed by atoms with E-state index in [-0.39, 0.29) is 26.0 Å². The molecule has 0 spiro atoms. The number of carbonyl (C=O) groups is 1. The summed E-state index contributed by atoms with van der Waals surface area (Å²) in [6, 6.07) is 16.9. The summed E-state index contributed by atoms with van der Waals surface area (Å²) in [5, 5.41) is 1.11. The second kappa shape index (κ2) is 11.9. The highest BCUT2D eigenvalue weighted by Gasteiger charge is 2.37. The lowest BCUT2D eigenvalue weighted by molar-refractivity contribution is 0.101. The van der Waals surface area contributed by atoms with Crippen LogP contribution >= 0.6 is 46.1 Å². The van der Waals surface area contributed by atoms with Gasteiger partial charge >= 0.3 is 0 Å². The fourth-order valence-electron chi connectivity index (χ4n) is 4.59. The molecule has 1 aliphatic carbocycles. The standard InChI is InChI=1S/C28H23Cl3N2O5S3/c29-18-6-12-21(13-7-18)33(41(37,38)23-16-10-20(31)11-17-23)28(34)26-24-4-2-1-3-5-25(24)39-27(26)32-40(35,36)22-14-8-19(30)9-15-22/h6-17,32H,1-5H2. The zero-order valence-corrected chi connectivity index (χ0v) is 26.0. The molecule has 0 bridgehead atoms. The number of hydrogen-bond acceptors (Lipinski definition) is 6. The molecule has 1 N–H and O–H groups in total. The molecule has 0 unspecified atom stereocenters. The van der Waals surface area contributed by atoms with Crippen LogP contribution in [0, 0.1) is 0 Å². The Morgan fingerprint density at radius 3 is 1.80 bits per heavy atom. The largest absolute Gasteiger partial charge is 0.275 e. The molecule has 0 saturated heterocycles. The van der Waals surface area contributed by atoms with E-state index < -0.39 is 26.0 Å². The monoisotopic (exact) mass is 668 g/mol. The zero-order chi connectivity index (χ0) is 29.4. The van der Waals surface area contributed by atoms with E-state index >= 15 is 0 Å². The number of carbonyl (C=O) groups excluding carboxylic acids is 1. The normalized spacial score (nSPS) is 13.7. The Bertz CT molecular complexity index is 1810. The molecule has 214 valence electrons. The minimum atomic E-state index is -4.47. The SMILES string of the molecule is O=C(c1c(NS(=O)(=O)c2ccc(Cl)cc2)sc2c1CCCCC2)N(c1ccc(Cl)cc1)S(=O)(=O)c1ccc(Cl)cc1. The Labute approximate surface area is 257 Å². The van der Waals surface area contributed by atoms with Crippen LogP contribution in [0.25, 0.3) is 0 Å². The summed E-state index contributed by atoms with van der Waals surface area (Å²) in [6.07, 6.45) is 3.73.